The molecule has 0 aliphatic heterocycles. The number of para-hydroxylation sites is 1. The number of hydrogen-bond donors (Lipinski definition) is 0. The number of hydrogen-bond acceptors (Lipinski definition) is 5. The van der Waals surface area contributed by atoms with Gasteiger partial charge in [-0.1, -0.05) is 12.1 Å². The number of carbonyl (C=O) groups is 1. The maximum Gasteiger partial charge on any atom is 0.340 e. The lowest BCUT2D eigenvalue weighted by Gasteiger charge is -2.24. The highest BCUT2D eigenvalue weighted by Crippen LogP contribution is 2.28. The van der Waals surface area contributed by atoms with E-state index in [-0.39, 0.29) is 23.6 Å². The molecule has 2 aromatic carbocycles. The summed E-state index contributed by atoms with van der Waals surface area (Å²) in [6.07, 6.45) is 0. The minimum absolute atomic E-state index is 0.119. The number of rotatable bonds is 7. The van der Waals surface area contributed by atoms with Crippen molar-refractivity contribution in [2.24, 2.45) is 0 Å². The van der Waals surface area contributed by atoms with E-state index in [4.69, 9.17) is 9.47 Å². The standard InChI is InChI=1S/C18H21NO5S/c1-4-19(17-9-7-6-8-16(17)18(20)24-5-2)25(21,22)15-12-10-14(23-3)11-13-15/h6-13H,4-5H2,1-3H3. The molecule has 0 atom stereocenters. The van der Waals surface area contributed by atoms with Gasteiger partial charge in [0, 0.05) is 6.54 Å². The predicted molar refractivity (Wildman–Crippen MR) is 95.6 cm³/mol. The Bertz CT molecular complexity index is 831. The Labute approximate surface area is 148 Å². The van der Waals surface area contributed by atoms with Crippen LogP contribution in [-0.4, -0.2) is 34.6 Å². The van der Waals surface area contributed by atoms with Gasteiger partial charge >= 0.3 is 5.97 Å². The lowest BCUT2D eigenvalue weighted by atomic mass is 10.2. The average molecular weight is 363 g/mol. The van der Waals surface area contributed by atoms with E-state index in [1.807, 2.05) is 0 Å². The summed E-state index contributed by atoms with van der Waals surface area (Å²) >= 11 is 0. The molecule has 0 radical (unpaired) electrons. The van der Waals surface area contributed by atoms with Crippen LogP contribution in [0.1, 0.15) is 24.2 Å². The molecule has 2 rings (SSSR count). The third-order valence-corrected chi connectivity index (χ3v) is 5.51. The van der Waals surface area contributed by atoms with Crippen LogP contribution < -0.4 is 9.04 Å². The molecule has 0 bridgehead atoms. The first kappa shape index (κ1) is 18.8. The van der Waals surface area contributed by atoms with Crippen LogP contribution in [0.15, 0.2) is 53.4 Å². The third kappa shape index (κ3) is 3.93. The first-order valence-electron chi connectivity index (χ1n) is 7.88. The molecule has 134 valence electrons. The molecule has 2 aromatic rings. The van der Waals surface area contributed by atoms with Crippen LogP contribution in [0.25, 0.3) is 0 Å². The first-order valence-corrected chi connectivity index (χ1v) is 9.32. The van der Waals surface area contributed by atoms with Crippen molar-refractivity contribution in [2.45, 2.75) is 18.7 Å². The fraction of sp³-hybridized carbons (Fsp3) is 0.278. The summed E-state index contributed by atoms with van der Waals surface area (Å²) in [7, 11) is -2.32. The fourth-order valence-electron chi connectivity index (χ4n) is 2.42. The average Bonchev–Trinajstić information content (AvgIpc) is 2.62. The highest BCUT2D eigenvalue weighted by atomic mass is 32.2. The molecule has 0 unspecified atom stereocenters. The first-order chi connectivity index (χ1) is 12.0. The zero-order valence-electron chi connectivity index (χ0n) is 14.4. The summed E-state index contributed by atoms with van der Waals surface area (Å²) < 4.78 is 37.3. The minimum Gasteiger partial charge on any atom is -0.497 e. The van der Waals surface area contributed by atoms with Gasteiger partial charge in [0.15, 0.2) is 0 Å². The van der Waals surface area contributed by atoms with Crippen LogP contribution in [0.2, 0.25) is 0 Å². The smallest absolute Gasteiger partial charge is 0.340 e. The van der Waals surface area contributed by atoms with Crippen molar-refractivity contribution in [1.82, 2.24) is 0 Å². The Morgan fingerprint density at radius 1 is 1.04 bits per heavy atom. The van der Waals surface area contributed by atoms with Gasteiger partial charge in [-0.05, 0) is 50.2 Å². The van der Waals surface area contributed by atoms with Crippen molar-refractivity contribution in [1.29, 1.82) is 0 Å². The minimum atomic E-state index is -3.83. The number of nitrogens with zero attached hydrogens (tertiary/aromatic N) is 1. The number of benzene rings is 2. The molecule has 0 aliphatic rings. The van der Waals surface area contributed by atoms with Crippen molar-refractivity contribution in [3.05, 3.63) is 54.1 Å². The second-order valence-corrected chi connectivity index (χ2v) is 6.95. The van der Waals surface area contributed by atoms with E-state index in [0.717, 1.165) is 0 Å². The van der Waals surface area contributed by atoms with Gasteiger partial charge < -0.3 is 9.47 Å². The number of methoxy groups -OCH3 is 1. The molecule has 0 saturated carbocycles. The van der Waals surface area contributed by atoms with Gasteiger partial charge in [-0.15, -0.1) is 0 Å². The molecule has 0 fully saturated rings. The summed E-state index contributed by atoms with van der Waals surface area (Å²) in [5.74, 6) is 0.00963. The van der Waals surface area contributed by atoms with E-state index in [1.165, 1.54) is 23.5 Å². The van der Waals surface area contributed by atoms with Gasteiger partial charge in [-0.3, -0.25) is 4.31 Å². The van der Waals surface area contributed by atoms with Gasteiger partial charge in [0.2, 0.25) is 0 Å². The van der Waals surface area contributed by atoms with Gasteiger partial charge in [-0.2, -0.15) is 0 Å². The molecule has 0 amide bonds. The van der Waals surface area contributed by atoms with Crippen molar-refractivity contribution < 1.29 is 22.7 Å². The summed E-state index contributed by atoms with van der Waals surface area (Å²) in [6, 6.07) is 12.6. The van der Waals surface area contributed by atoms with Crippen molar-refractivity contribution >= 4 is 21.7 Å². The highest BCUT2D eigenvalue weighted by Gasteiger charge is 2.27. The summed E-state index contributed by atoms with van der Waals surface area (Å²) in [5, 5.41) is 0. The van der Waals surface area contributed by atoms with Gasteiger partial charge in [0.05, 0.1) is 29.9 Å². The van der Waals surface area contributed by atoms with Crippen LogP contribution >= 0.6 is 0 Å². The zero-order chi connectivity index (χ0) is 18.4. The van der Waals surface area contributed by atoms with E-state index in [0.29, 0.717) is 11.4 Å². The van der Waals surface area contributed by atoms with E-state index in [2.05, 4.69) is 0 Å². The van der Waals surface area contributed by atoms with Crippen LogP contribution in [0, 0.1) is 0 Å². The molecule has 0 heterocycles. The lowest BCUT2D eigenvalue weighted by Crippen LogP contribution is -2.32. The molecule has 0 spiro atoms. The van der Waals surface area contributed by atoms with Gasteiger partial charge in [0.1, 0.15) is 5.75 Å². The largest absolute Gasteiger partial charge is 0.497 e. The molecule has 0 aliphatic carbocycles. The molecular formula is C18H21NO5S. The molecule has 0 aromatic heterocycles. The molecule has 0 N–H and O–H groups in total. The SMILES string of the molecule is CCOC(=O)c1ccccc1N(CC)S(=O)(=O)c1ccc(OC)cc1. The number of ether oxygens (including phenoxy) is 2. The second-order valence-electron chi connectivity index (χ2n) is 5.08. The normalized spacial score (nSPS) is 11.0. The molecule has 0 saturated heterocycles. The summed E-state index contributed by atoms with van der Waals surface area (Å²) in [6.45, 7) is 3.80. The summed E-state index contributed by atoms with van der Waals surface area (Å²) in [5.41, 5.74) is 0.502. The Kier molecular flexibility index (Phi) is 6.03. The maximum atomic E-state index is 13.0. The monoisotopic (exact) mass is 363 g/mol. The van der Waals surface area contributed by atoms with E-state index < -0.39 is 16.0 Å². The van der Waals surface area contributed by atoms with E-state index >= 15 is 0 Å². The maximum absolute atomic E-state index is 13.0. The van der Waals surface area contributed by atoms with Gasteiger partial charge in [-0.25, -0.2) is 13.2 Å². The quantitative estimate of drug-likeness (QED) is 0.707. The topological polar surface area (TPSA) is 72.9 Å². The summed E-state index contributed by atoms with van der Waals surface area (Å²) in [4.78, 5) is 12.3. The molecule has 25 heavy (non-hydrogen) atoms. The van der Waals surface area contributed by atoms with Crippen molar-refractivity contribution in [3.8, 4) is 5.75 Å². The number of esters is 1. The van der Waals surface area contributed by atoms with Crippen molar-refractivity contribution in [3.63, 3.8) is 0 Å². The number of carbonyl (C=O) groups excluding carboxylic acids is 1. The van der Waals surface area contributed by atoms with E-state index in [1.54, 1.807) is 50.2 Å². The van der Waals surface area contributed by atoms with E-state index in [9.17, 15) is 13.2 Å². The Balaban J connectivity index is 2.50. The Morgan fingerprint density at radius 3 is 2.24 bits per heavy atom. The predicted octanol–water partition coefficient (Wildman–Crippen LogP) is 3.09. The van der Waals surface area contributed by atoms with Crippen molar-refractivity contribution in [2.75, 3.05) is 24.6 Å². The number of sulfonamides is 1. The Hall–Kier alpha value is -2.54. The van der Waals surface area contributed by atoms with Crippen LogP contribution in [0.4, 0.5) is 5.69 Å². The number of anilines is 1. The molecular weight excluding hydrogens is 342 g/mol. The van der Waals surface area contributed by atoms with Crippen LogP contribution in [0.3, 0.4) is 0 Å². The Morgan fingerprint density at radius 2 is 1.68 bits per heavy atom. The molecule has 7 heteroatoms. The molecule has 6 nitrogen and oxygen atoms in total. The highest BCUT2D eigenvalue weighted by molar-refractivity contribution is 7.92. The van der Waals surface area contributed by atoms with Gasteiger partial charge in [0.25, 0.3) is 10.0 Å². The lowest BCUT2D eigenvalue weighted by molar-refractivity contribution is 0.0527. The fourth-order valence-corrected chi connectivity index (χ4v) is 3.91. The third-order valence-electron chi connectivity index (χ3n) is 3.60. The van der Waals surface area contributed by atoms with Crippen LogP contribution in [-0.2, 0) is 14.8 Å². The second kappa shape index (κ2) is 8.02. The van der Waals surface area contributed by atoms with Crippen LogP contribution in [0.5, 0.6) is 5.75 Å². The zero-order valence-corrected chi connectivity index (χ0v) is 15.2.